The molecule has 1 aromatic heterocycles. The fourth-order valence-corrected chi connectivity index (χ4v) is 1.71. The van der Waals surface area contributed by atoms with E-state index in [0.717, 1.165) is 17.0 Å². The fraction of sp³-hybridized carbons (Fsp3) is 0.167. The molecule has 1 aromatic carbocycles. The van der Waals surface area contributed by atoms with Gasteiger partial charge in [0.05, 0.1) is 23.4 Å². The molecule has 0 amide bonds. The molecule has 17 heavy (non-hydrogen) atoms. The third-order valence-corrected chi connectivity index (χ3v) is 2.70. The van der Waals surface area contributed by atoms with E-state index in [0.29, 0.717) is 10.6 Å². The monoisotopic (exact) mass is 250 g/mol. The van der Waals surface area contributed by atoms with E-state index in [1.54, 1.807) is 12.1 Å². The lowest BCUT2D eigenvalue weighted by atomic mass is 10.1. The smallest absolute Gasteiger partial charge is 0.339 e. The zero-order valence-corrected chi connectivity index (χ0v) is 10.2. The van der Waals surface area contributed by atoms with Gasteiger partial charge in [0.1, 0.15) is 0 Å². The SMILES string of the molecule is COC(=O)c1cc(-c2cc(C)[nH]n2)ccc1Cl. The molecule has 88 valence electrons. The minimum atomic E-state index is -0.455. The van der Waals surface area contributed by atoms with E-state index >= 15 is 0 Å². The van der Waals surface area contributed by atoms with Crippen LogP contribution >= 0.6 is 11.6 Å². The van der Waals surface area contributed by atoms with E-state index in [1.165, 1.54) is 7.11 Å². The van der Waals surface area contributed by atoms with E-state index in [1.807, 2.05) is 19.1 Å². The second-order valence-corrected chi connectivity index (χ2v) is 4.03. The van der Waals surface area contributed by atoms with E-state index in [-0.39, 0.29) is 0 Å². The van der Waals surface area contributed by atoms with Gasteiger partial charge in [-0.2, -0.15) is 5.10 Å². The molecule has 0 aliphatic heterocycles. The molecule has 2 rings (SSSR count). The number of benzene rings is 1. The third-order valence-electron chi connectivity index (χ3n) is 2.37. The van der Waals surface area contributed by atoms with Gasteiger partial charge >= 0.3 is 5.97 Å². The number of nitrogens with one attached hydrogen (secondary N) is 1. The van der Waals surface area contributed by atoms with Gasteiger partial charge in [-0.05, 0) is 25.1 Å². The predicted molar refractivity (Wildman–Crippen MR) is 65.1 cm³/mol. The molecule has 0 fully saturated rings. The molecule has 0 saturated heterocycles. The molecule has 4 nitrogen and oxygen atoms in total. The molecule has 1 N–H and O–H groups in total. The van der Waals surface area contributed by atoms with Crippen LogP contribution < -0.4 is 0 Å². The van der Waals surface area contributed by atoms with Crippen molar-refractivity contribution >= 4 is 17.6 Å². The Labute approximate surface area is 104 Å². The quantitative estimate of drug-likeness (QED) is 0.834. The van der Waals surface area contributed by atoms with Gasteiger partial charge in [0.25, 0.3) is 0 Å². The summed E-state index contributed by atoms with van der Waals surface area (Å²) in [6, 6.07) is 7.03. The van der Waals surface area contributed by atoms with Crippen LogP contribution in [0.5, 0.6) is 0 Å². The van der Waals surface area contributed by atoms with Gasteiger partial charge in [-0.25, -0.2) is 4.79 Å². The maximum atomic E-state index is 11.5. The standard InChI is InChI=1S/C12H11ClN2O2/c1-7-5-11(15-14-7)8-3-4-10(13)9(6-8)12(16)17-2/h3-6H,1-2H3,(H,14,15). The highest BCUT2D eigenvalue weighted by Gasteiger charge is 2.12. The van der Waals surface area contributed by atoms with E-state index in [4.69, 9.17) is 11.6 Å². The maximum absolute atomic E-state index is 11.5. The molecule has 0 atom stereocenters. The number of hydrogen-bond donors (Lipinski definition) is 1. The largest absolute Gasteiger partial charge is 0.465 e. The lowest BCUT2D eigenvalue weighted by Gasteiger charge is -2.04. The van der Waals surface area contributed by atoms with E-state index < -0.39 is 5.97 Å². The van der Waals surface area contributed by atoms with Gasteiger partial charge in [-0.3, -0.25) is 5.10 Å². The molecule has 0 bridgehead atoms. The highest BCUT2D eigenvalue weighted by Crippen LogP contribution is 2.24. The summed E-state index contributed by atoms with van der Waals surface area (Å²) in [5.74, 6) is -0.455. The van der Waals surface area contributed by atoms with Gasteiger partial charge in [-0.1, -0.05) is 17.7 Å². The van der Waals surface area contributed by atoms with Crippen molar-refractivity contribution in [2.24, 2.45) is 0 Å². The number of H-pyrrole nitrogens is 1. The van der Waals surface area contributed by atoms with Crippen molar-refractivity contribution in [1.29, 1.82) is 0 Å². The van der Waals surface area contributed by atoms with Crippen LogP contribution in [0.4, 0.5) is 0 Å². The Hall–Kier alpha value is -1.81. The predicted octanol–water partition coefficient (Wildman–Crippen LogP) is 2.83. The summed E-state index contributed by atoms with van der Waals surface area (Å²) in [5, 5.41) is 7.34. The zero-order valence-electron chi connectivity index (χ0n) is 9.45. The number of aromatic amines is 1. The molecule has 0 spiro atoms. The number of aromatic nitrogens is 2. The summed E-state index contributed by atoms with van der Waals surface area (Å²) < 4.78 is 4.66. The Bertz CT molecular complexity index is 563. The summed E-state index contributed by atoms with van der Waals surface area (Å²) in [7, 11) is 1.32. The number of rotatable bonds is 2. The Balaban J connectivity index is 2.47. The summed E-state index contributed by atoms with van der Waals surface area (Å²) in [4.78, 5) is 11.5. The summed E-state index contributed by atoms with van der Waals surface area (Å²) in [6.07, 6.45) is 0. The normalized spacial score (nSPS) is 10.3. The molecular formula is C12H11ClN2O2. The van der Waals surface area contributed by atoms with Crippen LogP contribution in [-0.2, 0) is 4.74 Å². The van der Waals surface area contributed by atoms with Crippen molar-refractivity contribution in [3.8, 4) is 11.3 Å². The lowest BCUT2D eigenvalue weighted by Crippen LogP contribution is -2.02. The molecule has 2 aromatic rings. The first-order valence-electron chi connectivity index (χ1n) is 5.02. The van der Waals surface area contributed by atoms with Crippen LogP contribution in [0.2, 0.25) is 5.02 Å². The molecule has 0 radical (unpaired) electrons. The van der Waals surface area contributed by atoms with Gasteiger partial charge in [0.2, 0.25) is 0 Å². The maximum Gasteiger partial charge on any atom is 0.339 e. The number of ether oxygens (including phenoxy) is 1. The Morgan fingerprint density at radius 2 is 2.18 bits per heavy atom. The molecule has 0 aliphatic carbocycles. The first-order chi connectivity index (χ1) is 8.11. The summed E-state index contributed by atoms with van der Waals surface area (Å²) >= 11 is 5.93. The first kappa shape index (κ1) is 11.7. The number of halogens is 1. The molecule has 1 heterocycles. The van der Waals surface area contributed by atoms with Gasteiger partial charge in [0, 0.05) is 11.3 Å². The van der Waals surface area contributed by atoms with Crippen molar-refractivity contribution < 1.29 is 9.53 Å². The highest BCUT2D eigenvalue weighted by molar-refractivity contribution is 6.33. The Morgan fingerprint density at radius 1 is 1.41 bits per heavy atom. The summed E-state index contributed by atoms with van der Waals surface area (Å²) in [6.45, 7) is 1.91. The number of nitrogens with zero attached hydrogens (tertiary/aromatic N) is 1. The van der Waals surface area contributed by atoms with Gasteiger partial charge in [-0.15, -0.1) is 0 Å². The Morgan fingerprint density at radius 3 is 2.76 bits per heavy atom. The van der Waals surface area contributed by atoms with Crippen LogP contribution in [-0.4, -0.2) is 23.3 Å². The second kappa shape index (κ2) is 4.59. The van der Waals surface area contributed by atoms with Crippen LogP contribution in [0, 0.1) is 6.92 Å². The molecule has 5 heteroatoms. The van der Waals surface area contributed by atoms with Gasteiger partial charge in [0.15, 0.2) is 0 Å². The molecule has 0 aliphatic rings. The number of aryl methyl sites for hydroxylation is 1. The van der Waals surface area contributed by atoms with Crippen LogP contribution in [0.15, 0.2) is 24.3 Å². The second-order valence-electron chi connectivity index (χ2n) is 3.62. The van der Waals surface area contributed by atoms with E-state index in [2.05, 4.69) is 14.9 Å². The highest BCUT2D eigenvalue weighted by atomic mass is 35.5. The molecular weight excluding hydrogens is 240 g/mol. The minimum absolute atomic E-state index is 0.340. The van der Waals surface area contributed by atoms with Crippen molar-refractivity contribution in [2.75, 3.05) is 7.11 Å². The third kappa shape index (κ3) is 2.31. The zero-order chi connectivity index (χ0) is 12.4. The summed E-state index contributed by atoms with van der Waals surface area (Å²) in [5.41, 5.74) is 2.88. The number of methoxy groups -OCH3 is 1. The average Bonchev–Trinajstić information content (AvgIpc) is 2.75. The Kier molecular flexibility index (Phi) is 3.15. The van der Waals surface area contributed by atoms with Crippen molar-refractivity contribution in [3.63, 3.8) is 0 Å². The van der Waals surface area contributed by atoms with Crippen LogP contribution in [0.3, 0.4) is 0 Å². The average molecular weight is 251 g/mol. The number of esters is 1. The number of carbonyl (C=O) groups excluding carboxylic acids is 1. The lowest BCUT2D eigenvalue weighted by molar-refractivity contribution is 0.0601. The molecule has 0 unspecified atom stereocenters. The van der Waals surface area contributed by atoms with Crippen LogP contribution in [0.1, 0.15) is 16.1 Å². The van der Waals surface area contributed by atoms with Gasteiger partial charge < -0.3 is 4.74 Å². The van der Waals surface area contributed by atoms with E-state index in [9.17, 15) is 4.79 Å². The first-order valence-corrected chi connectivity index (χ1v) is 5.40. The fourth-order valence-electron chi connectivity index (χ4n) is 1.52. The van der Waals surface area contributed by atoms with Crippen molar-refractivity contribution in [2.45, 2.75) is 6.92 Å². The van der Waals surface area contributed by atoms with Crippen LogP contribution in [0.25, 0.3) is 11.3 Å². The number of hydrogen-bond acceptors (Lipinski definition) is 3. The topological polar surface area (TPSA) is 55.0 Å². The minimum Gasteiger partial charge on any atom is -0.465 e. The molecule has 0 saturated carbocycles. The number of carbonyl (C=O) groups is 1. The van der Waals surface area contributed by atoms with Crippen molar-refractivity contribution in [3.05, 3.63) is 40.5 Å². The van der Waals surface area contributed by atoms with Crippen molar-refractivity contribution in [1.82, 2.24) is 10.2 Å².